The van der Waals surface area contributed by atoms with Gasteiger partial charge in [-0.3, -0.25) is 0 Å². The molecule has 4 nitrogen and oxygen atoms in total. The van der Waals surface area contributed by atoms with Crippen LogP contribution in [0.4, 0.5) is 0 Å². The van der Waals surface area contributed by atoms with Crippen molar-refractivity contribution in [3.63, 3.8) is 0 Å². The Morgan fingerprint density at radius 2 is 2.05 bits per heavy atom. The molecule has 0 amide bonds. The molecule has 22 heavy (non-hydrogen) atoms. The molecule has 3 N–H and O–H groups in total. The highest BCUT2D eigenvalue weighted by Gasteiger charge is 2.24. The standard InChI is InChI=1S/C16H25N3OS.HI/c1-3-17-16(19-13-6-9-15(10-13)21-2)18-11-12-4-7-14(20)8-5-12;/h4-5,7-8,13,15,20H,3,6,9-11H2,1-2H3,(H2,17,18,19);1H. The number of phenolic OH excluding ortho intramolecular Hbond substituents is 1. The van der Waals surface area contributed by atoms with Crippen LogP contribution in [0.15, 0.2) is 29.3 Å². The van der Waals surface area contributed by atoms with Gasteiger partial charge in [0.05, 0.1) is 6.54 Å². The highest BCUT2D eigenvalue weighted by atomic mass is 127. The molecule has 0 bridgehead atoms. The van der Waals surface area contributed by atoms with Crippen molar-refractivity contribution in [1.82, 2.24) is 10.6 Å². The first-order valence-electron chi connectivity index (χ1n) is 7.56. The van der Waals surface area contributed by atoms with Crippen molar-refractivity contribution in [2.24, 2.45) is 4.99 Å². The quantitative estimate of drug-likeness (QED) is 0.377. The lowest BCUT2D eigenvalue weighted by atomic mass is 10.2. The van der Waals surface area contributed by atoms with E-state index in [0.717, 1.165) is 23.3 Å². The van der Waals surface area contributed by atoms with Gasteiger partial charge in [0.2, 0.25) is 0 Å². The summed E-state index contributed by atoms with van der Waals surface area (Å²) in [5, 5.41) is 16.9. The number of nitrogens with zero attached hydrogens (tertiary/aromatic N) is 1. The molecular formula is C16H26IN3OS. The predicted molar refractivity (Wildman–Crippen MR) is 106 cm³/mol. The molecule has 1 aromatic carbocycles. The molecule has 2 unspecified atom stereocenters. The summed E-state index contributed by atoms with van der Waals surface area (Å²) < 4.78 is 0. The van der Waals surface area contributed by atoms with Crippen molar-refractivity contribution in [3.05, 3.63) is 29.8 Å². The van der Waals surface area contributed by atoms with Crippen molar-refractivity contribution >= 4 is 41.7 Å². The van der Waals surface area contributed by atoms with Crippen LogP contribution >= 0.6 is 35.7 Å². The largest absolute Gasteiger partial charge is 0.508 e. The first-order valence-corrected chi connectivity index (χ1v) is 8.85. The van der Waals surface area contributed by atoms with E-state index in [1.165, 1.54) is 19.3 Å². The Labute approximate surface area is 154 Å². The number of nitrogens with one attached hydrogen (secondary N) is 2. The van der Waals surface area contributed by atoms with Crippen molar-refractivity contribution in [3.8, 4) is 5.75 Å². The van der Waals surface area contributed by atoms with E-state index < -0.39 is 0 Å². The summed E-state index contributed by atoms with van der Waals surface area (Å²) in [6.07, 6.45) is 5.91. The highest BCUT2D eigenvalue weighted by Crippen LogP contribution is 2.28. The van der Waals surface area contributed by atoms with Crippen LogP contribution in [0.3, 0.4) is 0 Å². The van der Waals surface area contributed by atoms with Gasteiger partial charge in [0.25, 0.3) is 0 Å². The van der Waals surface area contributed by atoms with E-state index in [4.69, 9.17) is 0 Å². The molecule has 0 spiro atoms. The van der Waals surface area contributed by atoms with Gasteiger partial charge in [-0.2, -0.15) is 11.8 Å². The first-order chi connectivity index (χ1) is 10.2. The molecule has 1 aromatic rings. The maximum atomic E-state index is 9.29. The molecule has 0 heterocycles. The molecular weight excluding hydrogens is 409 g/mol. The molecule has 0 saturated heterocycles. The Morgan fingerprint density at radius 1 is 1.32 bits per heavy atom. The summed E-state index contributed by atoms with van der Waals surface area (Å²) in [7, 11) is 0. The van der Waals surface area contributed by atoms with Gasteiger partial charge < -0.3 is 15.7 Å². The lowest BCUT2D eigenvalue weighted by molar-refractivity contribution is 0.475. The molecule has 1 fully saturated rings. The zero-order valence-electron chi connectivity index (χ0n) is 13.2. The molecule has 0 radical (unpaired) electrons. The Hall–Kier alpha value is -0.630. The van der Waals surface area contributed by atoms with E-state index >= 15 is 0 Å². The number of aliphatic imine (C=N–C) groups is 1. The molecule has 0 aliphatic heterocycles. The Balaban J connectivity index is 0.00000242. The maximum absolute atomic E-state index is 9.29. The third kappa shape index (κ3) is 6.24. The summed E-state index contributed by atoms with van der Waals surface area (Å²) in [5.74, 6) is 1.18. The summed E-state index contributed by atoms with van der Waals surface area (Å²) in [5.41, 5.74) is 1.10. The number of hydrogen-bond acceptors (Lipinski definition) is 3. The fraction of sp³-hybridized carbons (Fsp3) is 0.562. The average molecular weight is 435 g/mol. The van der Waals surface area contributed by atoms with Gasteiger partial charge >= 0.3 is 0 Å². The maximum Gasteiger partial charge on any atom is 0.191 e. The van der Waals surface area contributed by atoms with Crippen LogP contribution in [-0.2, 0) is 6.54 Å². The number of benzene rings is 1. The Bertz CT molecular complexity index is 467. The van der Waals surface area contributed by atoms with Crippen LogP contribution in [0.2, 0.25) is 0 Å². The van der Waals surface area contributed by atoms with Gasteiger partial charge in [0.15, 0.2) is 5.96 Å². The van der Waals surface area contributed by atoms with Gasteiger partial charge in [0.1, 0.15) is 5.75 Å². The number of thioether (sulfide) groups is 1. The SMILES string of the molecule is CCNC(=NCc1ccc(O)cc1)NC1CCC(SC)C1.I. The second kappa shape index (κ2) is 10.2. The average Bonchev–Trinajstić information content (AvgIpc) is 2.94. The van der Waals surface area contributed by atoms with Crippen LogP contribution in [0.25, 0.3) is 0 Å². The van der Waals surface area contributed by atoms with Gasteiger partial charge in [-0.15, -0.1) is 24.0 Å². The van der Waals surface area contributed by atoms with E-state index in [0.29, 0.717) is 18.3 Å². The molecule has 1 aliphatic carbocycles. The zero-order valence-corrected chi connectivity index (χ0v) is 16.4. The third-order valence-corrected chi connectivity index (χ3v) is 4.85. The lowest BCUT2D eigenvalue weighted by Gasteiger charge is -2.17. The van der Waals surface area contributed by atoms with Crippen LogP contribution < -0.4 is 10.6 Å². The molecule has 1 aliphatic rings. The topological polar surface area (TPSA) is 56.7 Å². The minimum Gasteiger partial charge on any atom is -0.508 e. The smallest absolute Gasteiger partial charge is 0.191 e. The van der Waals surface area contributed by atoms with Crippen molar-refractivity contribution < 1.29 is 5.11 Å². The second-order valence-electron chi connectivity index (χ2n) is 5.37. The predicted octanol–water partition coefficient (Wildman–Crippen LogP) is 3.35. The van der Waals surface area contributed by atoms with Crippen LogP contribution in [0, 0.1) is 0 Å². The van der Waals surface area contributed by atoms with Crippen LogP contribution in [0.5, 0.6) is 5.75 Å². The minimum atomic E-state index is 0. The summed E-state index contributed by atoms with van der Waals surface area (Å²) in [4.78, 5) is 4.63. The molecule has 124 valence electrons. The van der Waals surface area contributed by atoms with E-state index in [1.54, 1.807) is 12.1 Å². The summed E-state index contributed by atoms with van der Waals surface area (Å²) >= 11 is 1.96. The molecule has 2 rings (SSSR count). The van der Waals surface area contributed by atoms with E-state index in [-0.39, 0.29) is 24.0 Å². The fourth-order valence-corrected chi connectivity index (χ4v) is 3.37. The zero-order chi connectivity index (χ0) is 15.1. The lowest BCUT2D eigenvalue weighted by Crippen LogP contribution is -2.42. The number of phenols is 1. The number of aromatic hydroxyl groups is 1. The van der Waals surface area contributed by atoms with Crippen molar-refractivity contribution in [1.29, 1.82) is 0 Å². The molecule has 1 saturated carbocycles. The third-order valence-electron chi connectivity index (χ3n) is 3.76. The van der Waals surface area contributed by atoms with Crippen molar-refractivity contribution in [2.75, 3.05) is 12.8 Å². The van der Waals surface area contributed by atoms with Gasteiger partial charge in [0, 0.05) is 17.8 Å². The van der Waals surface area contributed by atoms with Gasteiger partial charge in [-0.1, -0.05) is 12.1 Å². The van der Waals surface area contributed by atoms with Crippen LogP contribution in [0.1, 0.15) is 31.7 Å². The van der Waals surface area contributed by atoms with Crippen LogP contribution in [-0.4, -0.2) is 35.2 Å². The second-order valence-corrected chi connectivity index (χ2v) is 6.51. The van der Waals surface area contributed by atoms with E-state index in [1.807, 2.05) is 23.9 Å². The number of halogens is 1. The van der Waals surface area contributed by atoms with Gasteiger partial charge in [-0.05, 0) is 50.1 Å². The minimum absolute atomic E-state index is 0. The Kier molecular flexibility index (Phi) is 9.00. The fourth-order valence-electron chi connectivity index (χ4n) is 2.57. The molecule has 0 aromatic heterocycles. The van der Waals surface area contributed by atoms with Gasteiger partial charge in [-0.25, -0.2) is 4.99 Å². The number of hydrogen-bond donors (Lipinski definition) is 3. The van der Waals surface area contributed by atoms with E-state index in [9.17, 15) is 5.11 Å². The monoisotopic (exact) mass is 435 g/mol. The van der Waals surface area contributed by atoms with E-state index in [2.05, 4.69) is 28.8 Å². The van der Waals surface area contributed by atoms with Crippen molar-refractivity contribution in [2.45, 2.75) is 44.0 Å². The number of guanidine groups is 1. The summed E-state index contributed by atoms with van der Waals surface area (Å²) in [6, 6.07) is 7.74. The molecule has 6 heteroatoms. The normalized spacial score (nSPS) is 21.3. The summed E-state index contributed by atoms with van der Waals surface area (Å²) in [6.45, 7) is 3.56. The number of rotatable bonds is 5. The highest BCUT2D eigenvalue weighted by molar-refractivity contribution is 14.0. The first kappa shape index (κ1) is 19.4. The Morgan fingerprint density at radius 3 is 2.64 bits per heavy atom. The molecule has 2 atom stereocenters.